The minimum Gasteiger partial charge on any atom is -0.507 e. The summed E-state index contributed by atoms with van der Waals surface area (Å²) in [5.41, 5.74) is 2.01. The molecular weight excluding hydrogens is 252 g/mol. The number of carbonyl (C=O) groups excluding carboxylic acids is 1. The van der Waals surface area contributed by atoms with Crippen LogP contribution < -0.4 is 4.74 Å². The fraction of sp³-hybridized carbons (Fsp3) is 0.235. The Morgan fingerprint density at radius 3 is 2.50 bits per heavy atom. The van der Waals surface area contributed by atoms with Crippen molar-refractivity contribution in [2.45, 2.75) is 26.9 Å². The van der Waals surface area contributed by atoms with Crippen molar-refractivity contribution in [1.82, 2.24) is 0 Å². The van der Waals surface area contributed by atoms with Gasteiger partial charge in [0.2, 0.25) is 0 Å². The number of rotatable bonds is 5. The lowest BCUT2D eigenvalue weighted by atomic mass is 10.0. The Kier molecular flexibility index (Phi) is 4.41. The van der Waals surface area contributed by atoms with Crippen LogP contribution in [-0.4, -0.2) is 10.9 Å². The zero-order valence-corrected chi connectivity index (χ0v) is 11.7. The lowest BCUT2D eigenvalue weighted by Gasteiger charge is -2.12. The molecule has 0 aliphatic rings. The molecule has 0 radical (unpaired) electrons. The molecule has 0 fully saturated rings. The van der Waals surface area contributed by atoms with Crippen molar-refractivity contribution in [2.75, 3.05) is 0 Å². The number of aromatic hydroxyl groups is 1. The summed E-state index contributed by atoms with van der Waals surface area (Å²) in [5, 5.41) is 10.1. The molecule has 0 unspecified atom stereocenters. The molecule has 3 heteroatoms. The Balaban J connectivity index is 2.18. The van der Waals surface area contributed by atoms with E-state index in [9.17, 15) is 9.90 Å². The lowest BCUT2D eigenvalue weighted by molar-refractivity contribution is 0.0985. The van der Waals surface area contributed by atoms with Crippen molar-refractivity contribution in [1.29, 1.82) is 0 Å². The van der Waals surface area contributed by atoms with Crippen LogP contribution in [0.25, 0.3) is 0 Å². The van der Waals surface area contributed by atoms with E-state index in [2.05, 4.69) is 0 Å². The van der Waals surface area contributed by atoms with Gasteiger partial charge in [-0.15, -0.1) is 0 Å². The molecule has 0 bridgehead atoms. The maximum Gasteiger partial charge on any atom is 0.166 e. The van der Waals surface area contributed by atoms with Crippen LogP contribution >= 0.6 is 0 Å². The minimum absolute atomic E-state index is 0.0161. The van der Waals surface area contributed by atoms with Gasteiger partial charge in [-0.05, 0) is 24.6 Å². The lowest BCUT2D eigenvalue weighted by Crippen LogP contribution is -2.01. The van der Waals surface area contributed by atoms with Crippen LogP contribution in [0.5, 0.6) is 11.5 Å². The van der Waals surface area contributed by atoms with Crippen molar-refractivity contribution < 1.29 is 14.6 Å². The van der Waals surface area contributed by atoms with Gasteiger partial charge in [0.1, 0.15) is 18.1 Å². The van der Waals surface area contributed by atoms with Crippen LogP contribution in [-0.2, 0) is 6.61 Å². The molecule has 1 N–H and O–H groups in total. The highest BCUT2D eigenvalue weighted by Crippen LogP contribution is 2.31. The Morgan fingerprint density at radius 2 is 1.85 bits per heavy atom. The van der Waals surface area contributed by atoms with Gasteiger partial charge in [-0.25, -0.2) is 0 Å². The van der Waals surface area contributed by atoms with Gasteiger partial charge in [-0.1, -0.05) is 37.3 Å². The first kappa shape index (κ1) is 14.1. The summed E-state index contributed by atoms with van der Waals surface area (Å²) >= 11 is 0. The van der Waals surface area contributed by atoms with Crippen molar-refractivity contribution in [3.8, 4) is 11.5 Å². The second kappa shape index (κ2) is 6.24. The highest BCUT2D eigenvalue weighted by atomic mass is 16.5. The van der Waals surface area contributed by atoms with Gasteiger partial charge in [0, 0.05) is 12.0 Å². The van der Waals surface area contributed by atoms with Gasteiger partial charge >= 0.3 is 0 Å². The van der Waals surface area contributed by atoms with Gasteiger partial charge in [-0.2, -0.15) is 0 Å². The topological polar surface area (TPSA) is 46.5 Å². The van der Waals surface area contributed by atoms with E-state index in [0.29, 0.717) is 29.9 Å². The number of carbonyl (C=O) groups is 1. The SMILES string of the molecule is CCC(=O)c1ccc(OCc2ccccc2)c(C)c1O. The van der Waals surface area contributed by atoms with Crippen LogP contribution in [0.4, 0.5) is 0 Å². The Bertz CT molecular complexity index is 603. The molecule has 20 heavy (non-hydrogen) atoms. The summed E-state index contributed by atoms with van der Waals surface area (Å²) < 4.78 is 5.70. The number of phenolic OH excluding ortho intramolecular Hbond substituents is 1. The molecule has 0 aliphatic carbocycles. The molecule has 0 heterocycles. The first-order valence-corrected chi connectivity index (χ1v) is 6.66. The molecule has 0 saturated carbocycles. The standard InChI is InChI=1S/C17H18O3/c1-3-15(18)14-9-10-16(12(2)17(14)19)20-11-13-7-5-4-6-8-13/h4-10,19H,3,11H2,1-2H3. The van der Waals surface area contributed by atoms with Crippen LogP contribution in [0.1, 0.15) is 34.8 Å². The summed E-state index contributed by atoms with van der Waals surface area (Å²) in [4.78, 5) is 11.7. The Morgan fingerprint density at radius 1 is 1.15 bits per heavy atom. The molecule has 3 nitrogen and oxygen atoms in total. The minimum atomic E-state index is -0.0693. The van der Waals surface area contributed by atoms with E-state index in [0.717, 1.165) is 5.56 Å². The van der Waals surface area contributed by atoms with Crippen LogP contribution in [0.15, 0.2) is 42.5 Å². The predicted octanol–water partition coefficient (Wildman–Crippen LogP) is 3.87. The summed E-state index contributed by atoms with van der Waals surface area (Å²) in [6, 6.07) is 13.2. The number of hydrogen-bond donors (Lipinski definition) is 1. The van der Waals surface area contributed by atoms with Crippen LogP contribution in [0.3, 0.4) is 0 Å². The molecule has 0 saturated heterocycles. The zero-order valence-electron chi connectivity index (χ0n) is 11.7. The third-order valence-electron chi connectivity index (χ3n) is 3.24. The van der Waals surface area contributed by atoms with Crippen LogP contribution in [0.2, 0.25) is 0 Å². The monoisotopic (exact) mass is 270 g/mol. The highest BCUT2D eigenvalue weighted by Gasteiger charge is 2.14. The van der Waals surface area contributed by atoms with E-state index >= 15 is 0 Å². The van der Waals surface area contributed by atoms with Crippen molar-refractivity contribution in [3.05, 3.63) is 59.2 Å². The summed E-state index contributed by atoms with van der Waals surface area (Å²) in [6.07, 6.45) is 0.372. The van der Waals surface area contributed by atoms with Gasteiger partial charge in [-0.3, -0.25) is 4.79 Å². The average Bonchev–Trinajstić information content (AvgIpc) is 2.49. The van der Waals surface area contributed by atoms with Crippen molar-refractivity contribution >= 4 is 5.78 Å². The smallest absolute Gasteiger partial charge is 0.166 e. The van der Waals surface area contributed by atoms with Gasteiger partial charge < -0.3 is 9.84 Å². The van der Waals surface area contributed by atoms with E-state index in [1.54, 1.807) is 26.0 Å². The molecular formula is C17H18O3. The van der Waals surface area contributed by atoms with E-state index in [1.165, 1.54) is 0 Å². The predicted molar refractivity (Wildman–Crippen MR) is 78.2 cm³/mol. The number of ketones is 1. The maximum atomic E-state index is 11.7. The van der Waals surface area contributed by atoms with Crippen molar-refractivity contribution in [3.63, 3.8) is 0 Å². The fourth-order valence-corrected chi connectivity index (χ4v) is 1.99. The molecule has 0 spiro atoms. The summed E-state index contributed by atoms with van der Waals surface area (Å²) in [6.45, 7) is 3.96. The second-order valence-electron chi connectivity index (χ2n) is 4.64. The molecule has 2 aromatic carbocycles. The number of phenols is 1. The Hall–Kier alpha value is -2.29. The highest BCUT2D eigenvalue weighted by molar-refractivity contribution is 5.99. The second-order valence-corrected chi connectivity index (χ2v) is 4.64. The molecule has 0 aromatic heterocycles. The molecule has 2 aromatic rings. The van der Waals surface area contributed by atoms with E-state index in [-0.39, 0.29) is 11.5 Å². The Labute approximate surface area is 118 Å². The number of ether oxygens (including phenoxy) is 1. The molecule has 2 rings (SSSR count). The van der Waals surface area contributed by atoms with E-state index < -0.39 is 0 Å². The fourth-order valence-electron chi connectivity index (χ4n) is 1.99. The molecule has 104 valence electrons. The van der Waals surface area contributed by atoms with E-state index in [4.69, 9.17) is 4.74 Å². The van der Waals surface area contributed by atoms with Gasteiger partial charge in [0.15, 0.2) is 5.78 Å². The molecule has 0 amide bonds. The number of hydrogen-bond acceptors (Lipinski definition) is 3. The van der Waals surface area contributed by atoms with Crippen LogP contribution in [0, 0.1) is 6.92 Å². The van der Waals surface area contributed by atoms with Gasteiger partial charge in [0.25, 0.3) is 0 Å². The average molecular weight is 270 g/mol. The third-order valence-corrected chi connectivity index (χ3v) is 3.24. The largest absolute Gasteiger partial charge is 0.507 e. The third kappa shape index (κ3) is 2.99. The summed E-state index contributed by atoms with van der Waals surface area (Å²) in [5.74, 6) is 0.543. The van der Waals surface area contributed by atoms with Gasteiger partial charge in [0.05, 0.1) is 5.56 Å². The molecule has 0 aliphatic heterocycles. The van der Waals surface area contributed by atoms with Crippen molar-refractivity contribution in [2.24, 2.45) is 0 Å². The number of benzene rings is 2. The summed E-state index contributed by atoms with van der Waals surface area (Å²) in [7, 11) is 0. The van der Waals surface area contributed by atoms with E-state index in [1.807, 2.05) is 30.3 Å². The molecule has 0 atom stereocenters. The number of Topliss-reactive ketones (excluding diaryl/α,β-unsaturated/α-hetero) is 1. The quantitative estimate of drug-likeness (QED) is 0.839. The maximum absolute atomic E-state index is 11.7. The normalized spacial score (nSPS) is 10.3. The first-order chi connectivity index (χ1) is 9.63. The first-order valence-electron chi connectivity index (χ1n) is 6.66. The zero-order chi connectivity index (χ0) is 14.5.